The number of methoxy groups -OCH3 is 1. The summed E-state index contributed by atoms with van der Waals surface area (Å²) in [6, 6.07) is 16.1. The van der Waals surface area contributed by atoms with Crippen LogP contribution in [0.25, 0.3) is 0 Å². The van der Waals surface area contributed by atoms with E-state index in [1.165, 1.54) is 6.42 Å². The lowest BCUT2D eigenvalue weighted by Gasteiger charge is -2.28. The minimum atomic E-state index is -0.211. The van der Waals surface area contributed by atoms with Crippen molar-refractivity contribution in [1.29, 1.82) is 0 Å². The molecule has 2 aromatic carbocycles. The highest BCUT2D eigenvalue weighted by molar-refractivity contribution is 5.78. The molecule has 2 aromatic rings. The summed E-state index contributed by atoms with van der Waals surface area (Å²) in [5, 5.41) is 0. The fourth-order valence-corrected chi connectivity index (χ4v) is 5.24. The Kier molecular flexibility index (Phi) is 8.11. The second-order valence-electron chi connectivity index (χ2n) is 10.2. The molecule has 2 aliphatic rings. The first-order valence-corrected chi connectivity index (χ1v) is 12.5. The highest BCUT2D eigenvalue weighted by Crippen LogP contribution is 2.34. The summed E-state index contributed by atoms with van der Waals surface area (Å²) in [5.74, 6) is 3.09. The molecule has 0 N–H and O–H groups in total. The van der Waals surface area contributed by atoms with Gasteiger partial charge in [-0.3, -0.25) is 9.69 Å². The lowest BCUT2D eigenvalue weighted by molar-refractivity contribution is -0.132. The first-order chi connectivity index (χ1) is 16.4. The zero-order valence-corrected chi connectivity index (χ0v) is 21.1. The molecule has 0 radical (unpaired) electrons. The summed E-state index contributed by atoms with van der Waals surface area (Å²) in [7, 11) is 3.64. The van der Waals surface area contributed by atoms with Crippen molar-refractivity contribution >= 4 is 5.91 Å². The molecule has 0 spiro atoms. The number of rotatable bonds is 8. The Morgan fingerprint density at radius 2 is 1.88 bits per heavy atom. The van der Waals surface area contributed by atoms with E-state index in [1.54, 1.807) is 7.11 Å². The fraction of sp³-hybridized carbons (Fsp3) is 0.536. The Morgan fingerprint density at radius 3 is 2.68 bits per heavy atom. The van der Waals surface area contributed by atoms with E-state index >= 15 is 0 Å². The van der Waals surface area contributed by atoms with Gasteiger partial charge in [0.1, 0.15) is 17.6 Å². The highest BCUT2D eigenvalue weighted by atomic mass is 16.5. The molecule has 1 saturated heterocycles. The summed E-state index contributed by atoms with van der Waals surface area (Å²) in [5.41, 5.74) is 2.11. The second-order valence-corrected chi connectivity index (χ2v) is 10.2. The maximum atomic E-state index is 13.3. The van der Waals surface area contributed by atoms with Crippen LogP contribution in [0.15, 0.2) is 48.5 Å². The van der Waals surface area contributed by atoms with Crippen LogP contribution in [0, 0.1) is 11.8 Å². The maximum Gasteiger partial charge on any atom is 0.236 e. The maximum absolute atomic E-state index is 13.3. The molecule has 6 heteroatoms. The number of amides is 1. The Morgan fingerprint density at radius 1 is 1.12 bits per heavy atom. The smallest absolute Gasteiger partial charge is 0.236 e. The Labute approximate surface area is 204 Å². The molecule has 0 bridgehead atoms. The molecule has 184 valence electrons. The lowest BCUT2D eigenvalue weighted by atomic mass is 10.1. The number of hydrogen-bond donors (Lipinski definition) is 0. The molecule has 1 fully saturated rings. The minimum Gasteiger partial charge on any atom is -0.496 e. The average molecular weight is 466 g/mol. The third kappa shape index (κ3) is 6.10. The molecule has 2 aliphatic heterocycles. The zero-order valence-electron chi connectivity index (χ0n) is 21.1. The standard InChI is InChI=1S/C28H39N3O3/c1-21(2)15-30-14-13-22(17-30)16-29(3)28(32)20-31-18-23-9-5-7-11-25(23)34-27(19-31)24-10-6-8-12-26(24)33-4/h5-12,21-22,27H,13-20H2,1-4H3/t22-,27+/m0/s1. The predicted molar refractivity (Wildman–Crippen MR) is 135 cm³/mol. The van der Waals surface area contributed by atoms with Gasteiger partial charge in [0, 0.05) is 50.9 Å². The van der Waals surface area contributed by atoms with Crippen molar-refractivity contribution < 1.29 is 14.3 Å². The van der Waals surface area contributed by atoms with E-state index in [1.807, 2.05) is 54.4 Å². The molecule has 0 saturated carbocycles. The van der Waals surface area contributed by atoms with Crippen LogP contribution in [-0.2, 0) is 11.3 Å². The molecule has 0 aromatic heterocycles. The van der Waals surface area contributed by atoms with Crippen molar-refractivity contribution in [3.05, 3.63) is 59.7 Å². The number of ether oxygens (including phenoxy) is 2. The van der Waals surface area contributed by atoms with E-state index in [0.717, 1.165) is 48.8 Å². The normalized spacial score (nSPS) is 21.1. The van der Waals surface area contributed by atoms with Crippen molar-refractivity contribution in [2.24, 2.45) is 11.8 Å². The Balaban J connectivity index is 1.43. The number of carbonyl (C=O) groups is 1. The van der Waals surface area contributed by atoms with Crippen molar-refractivity contribution in [3.8, 4) is 11.5 Å². The summed E-state index contributed by atoms with van der Waals surface area (Å²) in [6.07, 6.45) is 0.961. The van der Waals surface area contributed by atoms with Crippen molar-refractivity contribution in [1.82, 2.24) is 14.7 Å². The van der Waals surface area contributed by atoms with Crippen LogP contribution in [0.1, 0.15) is 37.5 Å². The van der Waals surface area contributed by atoms with E-state index in [-0.39, 0.29) is 12.0 Å². The molecule has 0 unspecified atom stereocenters. The molecule has 6 nitrogen and oxygen atoms in total. The summed E-state index contributed by atoms with van der Waals surface area (Å²) >= 11 is 0. The van der Waals surface area contributed by atoms with Crippen molar-refractivity contribution in [3.63, 3.8) is 0 Å². The average Bonchev–Trinajstić information content (AvgIpc) is 3.16. The van der Waals surface area contributed by atoms with Gasteiger partial charge in [0.2, 0.25) is 5.91 Å². The van der Waals surface area contributed by atoms with Crippen LogP contribution < -0.4 is 9.47 Å². The van der Waals surface area contributed by atoms with Crippen LogP contribution in [0.3, 0.4) is 0 Å². The van der Waals surface area contributed by atoms with Crippen molar-refractivity contribution in [2.75, 3.05) is 53.4 Å². The topological polar surface area (TPSA) is 45.2 Å². The zero-order chi connectivity index (χ0) is 24.1. The molecule has 2 heterocycles. The van der Waals surface area contributed by atoms with E-state index in [0.29, 0.717) is 31.5 Å². The molecule has 2 atom stereocenters. The van der Waals surface area contributed by atoms with E-state index in [9.17, 15) is 4.79 Å². The monoisotopic (exact) mass is 465 g/mol. The largest absolute Gasteiger partial charge is 0.496 e. The molecule has 34 heavy (non-hydrogen) atoms. The Bertz CT molecular complexity index is 963. The fourth-order valence-electron chi connectivity index (χ4n) is 5.24. The highest BCUT2D eigenvalue weighted by Gasteiger charge is 2.29. The van der Waals surface area contributed by atoms with Gasteiger partial charge in [-0.25, -0.2) is 0 Å². The Hall–Kier alpha value is -2.57. The van der Waals surface area contributed by atoms with Gasteiger partial charge in [0.05, 0.1) is 13.7 Å². The predicted octanol–water partition coefficient (Wildman–Crippen LogP) is 4.07. The second kappa shape index (κ2) is 11.2. The van der Waals surface area contributed by atoms with Gasteiger partial charge < -0.3 is 19.3 Å². The number of fused-ring (bicyclic) bond motifs is 1. The first-order valence-electron chi connectivity index (χ1n) is 12.5. The minimum absolute atomic E-state index is 0.167. The summed E-state index contributed by atoms with van der Waals surface area (Å²) < 4.78 is 12.1. The molecular weight excluding hydrogens is 426 g/mol. The van der Waals surface area contributed by atoms with Crippen LogP contribution in [0.5, 0.6) is 11.5 Å². The van der Waals surface area contributed by atoms with Gasteiger partial charge in [-0.05, 0) is 36.9 Å². The number of carbonyl (C=O) groups excluding carboxylic acids is 1. The van der Waals surface area contributed by atoms with Crippen molar-refractivity contribution in [2.45, 2.75) is 32.9 Å². The van der Waals surface area contributed by atoms with Crippen LogP contribution in [0.2, 0.25) is 0 Å². The summed E-state index contributed by atoms with van der Waals surface area (Å²) in [6.45, 7) is 10.4. The van der Waals surface area contributed by atoms with Gasteiger partial charge in [-0.15, -0.1) is 0 Å². The van der Waals surface area contributed by atoms with Gasteiger partial charge in [-0.2, -0.15) is 0 Å². The number of benzene rings is 2. The molecular formula is C28H39N3O3. The number of likely N-dealkylation sites (N-methyl/N-ethyl adjacent to an activating group) is 1. The number of hydrogen-bond acceptors (Lipinski definition) is 5. The number of para-hydroxylation sites is 2. The summed E-state index contributed by atoms with van der Waals surface area (Å²) in [4.78, 5) is 19.9. The van der Waals surface area contributed by atoms with Gasteiger partial charge in [0.25, 0.3) is 0 Å². The third-order valence-corrected chi connectivity index (χ3v) is 6.86. The van der Waals surface area contributed by atoms with Crippen LogP contribution >= 0.6 is 0 Å². The number of nitrogens with zero attached hydrogens (tertiary/aromatic N) is 3. The van der Waals surface area contributed by atoms with Gasteiger partial charge in [-0.1, -0.05) is 50.2 Å². The van der Waals surface area contributed by atoms with Gasteiger partial charge >= 0.3 is 0 Å². The van der Waals surface area contributed by atoms with Crippen LogP contribution in [-0.4, -0.2) is 74.0 Å². The van der Waals surface area contributed by atoms with E-state index in [4.69, 9.17) is 9.47 Å². The first kappa shape index (κ1) is 24.6. The third-order valence-electron chi connectivity index (χ3n) is 6.86. The van der Waals surface area contributed by atoms with Gasteiger partial charge in [0.15, 0.2) is 0 Å². The number of likely N-dealkylation sites (tertiary alicyclic amines) is 1. The quantitative estimate of drug-likeness (QED) is 0.588. The molecule has 1 amide bonds. The van der Waals surface area contributed by atoms with E-state index in [2.05, 4.69) is 29.7 Å². The lowest BCUT2D eigenvalue weighted by Crippen LogP contribution is -2.41. The molecule has 0 aliphatic carbocycles. The molecule has 4 rings (SSSR count). The van der Waals surface area contributed by atoms with E-state index < -0.39 is 0 Å². The van der Waals surface area contributed by atoms with Crippen LogP contribution in [0.4, 0.5) is 0 Å². The SMILES string of the molecule is COc1ccccc1[C@H]1CN(CC(=O)N(C)C[C@@H]2CCN(CC(C)C)C2)Cc2ccccc2O1.